The second kappa shape index (κ2) is 5.59. The van der Waals surface area contributed by atoms with E-state index in [4.69, 9.17) is 4.52 Å². The van der Waals surface area contributed by atoms with Crippen LogP contribution >= 0.6 is 0 Å². The van der Waals surface area contributed by atoms with Gasteiger partial charge in [-0.15, -0.1) is 0 Å². The highest BCUT2D eigenvalue weighted by Gasteiger charge is 2.43. The van der Waals surface area contributed by atoms with Gasteiger partial charge in [-0.25, -0.2) is 8.42 Å². The van der Waals surface area contributed by atoms with Crippen molar-refractivity contribution in [3.8, 4) is 0 Å². The minimum atomic E-state index is -3.82. The maximum atomic E-state index is 12.7. The molecule has 0 radical (unpaired) electrons. The fraction of sp³-hybridized carbons (Fsp3) is 0.412. The Hall–Kier alpha value is -2.35. The minimum Gasteiger partial charge on any atom is -0.360 e. The van der Waals surface area contributed by atoms with E-state index in [-0.39, 0.29) is 16.6 Å². The van der Waals surface area contributed by atoms with Gasteiger partial charge >= 0.3 is 0 Å². The largest absolute Gasteiger partial charge is 0.360 e. The molecular weight excluding hydrogens is 342 g/mol. The number of aryl methyl sites for hydroxylation is 2. The molecule has 0 saturated heterocycles. The van der Waals surface area contributed by atoms with Gasteiger partial charge in [0.2, 0.25) is 5.91 Å². The van der Waals surface area contributed by atoms with E-state index in [9.17, 15) is 13.2 Å². The molecule has 0 spiro atoms. The van der Waals surface area contributed by atoms with Crippen LogP contribution in [0.1, 0.15) is 37.8 Å². The van der Waals surface area contributed by atoms with Crippen LogP contribution in [0.3, 0.4) is 0 Å². The van der Waals surface area contributed by atoms with Gasteiger partial charge in [0, 0.05) is 17.9 Å². The summed E-state index contributed by atoms with van der Waals surface area (Å²) in [5.74, 6) is 0.245. The number of rotatable bonds is 4. The molecule has 1 N–H and O–H groups in total. The van der Waals surface area contributed by atoms with Crippen LogP contribution in [0.5, 0.6) is 0 Å². The third-order valence-corrected chi connectivity index (χ3v) is 6.17. The zero-order chi connectivity index (χ0) is 18.6. The fourth-order valence-corrected chi connectivity index (χ4v) is 4.66. The average Bonchev–Trinajstić information content (AvgIpc) is 2.96. The number of benzene rings is 1. The van der Waals surface area contributed by atoms with E-state index in [0.717, 1.165) is 11.3 Å². The summed E-state index contributed by atoms with van der Waals surface area (Å²) in [5.41, 5.74) is 1.63. The number of amides is 1. The van der Waals surface area contributed by atoms with Crippen molar-refractivity contribution in [1.29, 1.82) is 0 Å². The Morgan fingerprint density at radius 3 is 2.52 bits per heavy atom. The summed E-state index contributed by atoms with van der Waals surface area (Å²) < 4.78 is 32.8. The van der Waals surface area contributed by atoms with Crippen molar-refractivity contribution in [2.45, 2.75) is 44.9 Å². The lowest BCUT2D eigenvalue weighted by Gasteiger charge is -2.18. The van der Waals surface area contributed by atoms with E-state index in [1.165, 1.54) is 0 Å². The zero-order valence-electron chi connectivity index (χ0n) is 14.9. The molecule has 0 bridgehead atoms. The molecule has 8 heteroatoms. The van der Waals surface area contributed by atoms with Gasteiger partial charge in [0.1, 0.15) is 5.69 Å². The number of nitrogens with zero attached hydrogens (tertiary/aromatic N) is 2. The number of sulfonamides is 1. The maximum absolute atomic E-state index is 12.7. The molecule has 0 saturated carbocycles. The molecule has 1 aromatic heterocycles. The molecule has 7 nitrogen and oxygen atoms in total. The summed E-state index contributed by atoms with van der Waals surface area (Å²) in [6.07, 6.45) is 0. The summed E-state index contributed by atoms with van der Waals surface area (Å²) in [5, 5.41) is 3.69. The summed E-state index contributed by atoms with van der Waals surface area (Å²) in [4.78, 5) is 14.3. The highest BCUT2D eigenvalue weighted by Crippen LogP contribution is 2.42. The molecule has 3 rings (SSSR count). The van der Waals surface area contributed by atoms with Crippen LogP contribution in [0.4, 0.5) is 11.4 Å². The third kappa shape index (κ3) is 2.60. The number of carbonyl (C=O) groups is 1. The Balaban J connectivity index is 2.02. The van der Waals surface area contributed by atoms with Crippen LogP contribution < -0.4 is 9.62 Å². The minimum absolute atomic E-state index is 0.00994. The number of aromatic nitrogens is 1. The monoisotopic (exact) mass is 363 g/mol. The molecule has 0 atom stereocenters. The number of hydrogen-bond acceptors (Lipinski definition) is 5. The first kappa shape index (κ1) is 17.5. The molecule has 1 amide bonds. The Morgan fingerprint density at radius 2 is 1.96 bits per heavy atom. The predicted octanol–water partition coefficient (Wildman–Crippen LogP) is 2.74. The average molecular weight is 363 g/mol. The molecule has 0 unspecified atom stereocenters. The van der Waals surface area contributed by atoms with Crippen molar-refractivity contribution < 1.29 is 17.7 Å². The number of likely N-dealkylation sites (N-methyl/N-ethyl adjacent to an activating group) is 1. The second-order valence-corrected chi connectivity index (χ2v) is 8.28. The number of carbonyl (C=O) groups excluding carboxylic acids is 1. The van der Waals surface area contributed by atoms with E-state index in [1.54, 1.807) is 36.9 Å². The summed E-state index contributed by atoms with van der Waals surface area (Å²) >= 11 is 0. The quantitative estimate of drug-likeness (QED) is 0.902. The third-order valence-electron chi connectivity index (χ3n) is 4.55. The van der Waals surface area contributed by atoms with E-state index < -0.39 is 15.4 Å². The van der Waals surface area contributed by atoms with Crippen LogP contribution in [0.2, 0.25) is 0 Å². The van der Waals surface area contributed by atoms with E-state index >= 15 is 0 Å². The Morgan fingerprint density at radius 1 is 1.28 bits per heavy atom. The van der Waals surface area contributed by atoms with Gasteiger partial charge in [-0.2, -0.15) is 0 Å². The van der Waals surface area contributed by atoms with Crippen LogP contribution in [0.25, 0.3) is 0 Å². The Labute approximate surface area is 147 Å². The highest BCUT2D eigenvalue weighted by atomic mass is 32.2. The Bertz CT molecular complexity index is 941. The van der Waals surface area contributed by atoms with Gasteiger partial charge in [-0.1, -0.05) is 5.16 Å². The van der Waals surface area contributed by atoms with Crippen LogP contribution in [-0.4, -0.2) is 26.0 Å². The lowest BCUT2D eigenvalue weighted by atomic mass is 9.86. The number of nitrogens with one attached hydrogen (secondary N) is 1. The fourth-order valence-electron chi connectivity index (χ4n) is 3.28. The maximum Gasteiger partial charge on any atom is 0.267 e. The van der Waals surface area contributed by atoms with Crippen LogP contribution in [-0.2, 0) is 20.2 Å². The normalized spacial score (nSPS) is 16.2. The topological polar surface area (TPSA) is 92.5 Å². The molecule has 0 fully saturated rings. The lowest BCUT2D eigenvalue weighted by Crippen LogP contribution is -2.35. The van der Waals surface area contributed by atoms with Crippen molar-refractivity contribution in [2.24, 2.45) is 0 Å². The first-order valence-electron chi connectivity index (χ1n) is 8.01. The van der Waals surface area contributed by atoms with E-state index in [1.807, 2.05) is 20.8 Å². The molecular formula is C17H21N3O4S. The van der Waals surface area contributed by atoms with E-state index in [2.05, 4.69) is 9.88 Å². The van der Waals surface area contributed by atoms with Gasteiger partial charge in [0.15, 0.2) is 10.7 Å². The van der Waals surface area contributed by atoms with Crippen molar-refractivity contribution in [3.05, 3.63) is 35.2 Å². The van der Waals surface area contributed by atoms with Gasteiger partial charge in [0.25, 0.3) is 10.0 Å². The number of fused-ring (bicyclic) bond motifs is 1. The highest BCUT2D eigenvalue weighted by molar-refractivity contribution is 7.92. The molecule has 25 heavy (non-hydrogen) atoms. The lowest BCUT2D eigenvalue weighted by molar-refractivity contribution is -0.122. The van der Waals surface area contributed by atoms with E-state index in [0.29, 0.717) is 17.9 Å². The first-order chi connectivity index (χ1) is 11.6. The van der Waals surface area contributed by atoms with Gasteiger partial charge in [-0.05, 0) is 58.4 Å². The SMILES string of the molecule is CCN1C(=O)C(C)(C)c2cc(NS(=O)(=O)c3c(C)noc3C)ccc21. The molecule has 2 heterocycles. The molecule has 2 aromatic rings. The van der Waals surface area contributed by atoms with Gasteiger partial charge in [-0.3, -0.25) is 9.52 Å². The van der Waals surface area contributed by atoms with Crippen molar-refractivity contribution in [3.63, 3.8) is 0 Å². The molecule has 1 aliphatic heterocycles. The second-order valence-electron chi connectivity index (χ2n) is 6.67. The van der Waals surface area contributed by atoms with Crippen LogP contribution in [0, 0.1) is 13.8 Å². The van der Waals surface area contributed by atoms with Gasteiger partial charge in [0.05, 0.1) is 5.41 Å². The standard InChI is InChI=1S/C17H21N3O4S/c1-6-20-14-8-7-12(9-13(14)17(4,5)16(20)21)19-25(22,23)15-10(2)18-24-11(15)3/h7-9,19H,6H2,1-5H3. The van der Waals surface area contributed by atoms with Gasteiger partial charge < -0.3 is 9.42 Å². The summed E-state index contributed by atoms with van der Waals surface area (Å²) in [7, 11) is -3.82. The summed E-state index contributed by atoms with van der Waals surface area (Å²) in [6, 6.07) is 5.15. The number of anilines is 2. The summed E-state index contributed by atoms with van der Waals surface area (Å²) in [6.45, 7) is 9.30. The van der Waals surface area contributed by atoms with Crippen LogP contribution in [0.15, 0.2) is 27.6 Å². The van der Waals surface area contributed by atoms with Crippen molar-refractivity contribution in [2.75, 3.05) is 16.2 Å². The van der Waals surface area contributed by atoms with Crippen molar-refractivity contribution >= 4 is 27.3 Å². The zero-order valence-corrected chi connectivity index (χ0v) is 15.7. The molecule has 134 valence electrons. The Kier molecular flexibility index (Phi) is 3.90. The molecule has 1 aromatic carbocycles. The molecule has 1 aliphatic rings. The smallest absolute Gasteiger partial charge is 0.267 e. The predicted molar refractivity (Wildman–Crippen MR) is 94.3 cm³/mol. The number of hydrogen-bond donors (Lipinski definition) is 1. The molecule has 0 aliphatic carbocycles. The van der Waals surface area contributed by atoms with Crippen molar-refractivity contribution in [1.82, 2.24) is 5.16 Å². The first-order valence-corrected chi connectivity index (χ1v) is 9.50.